The van der Waals surface area contributed by atoms with Gasteiger partial charge >= 0.3 is 5.97 Å². The third-order valence-electron chi connectivity index (χ3n) is 5.77. The van der Waals surface area contributed by atoms with Gasteiger partial charge in [0.25, 0.3) is 5.91 Å². The standard InChI is InChI=1S/C28H33FN2O5/c1-17(2)13-24(31-21-8-5-19(6-9-21)28(34)30-12-11-27(32)33)23-15-25(36-26(23)16-35-4)22-10-7-20(29)14-18(22)3/h5-10,14-15,17,24,31H,11-13,16H2,1-4H3,(H,30,34)(H,32,33). The maximum absolute atomic E-state index is 13.6. The van der Waals surface area contributed by atoms with Crippen LogP contribution in [0.2, 0.25) is 0 Å². The molecule has 0 aliphatic carbocycles. The number of carboxylic acid groups (broad SMARTS) is 1. The second-order valence-corrected chi connectivity index (χ2v) is 9.18. The number of halogens is 1. The van der Waals surface area contributed by atoms with Gasteiger partial charge in [0.05, 0.1) is 12.5 Å². The van der Waals surface area contributed by atoms with Crippen molar-refractivity contribution in [3.05, 3.63) is 76.8 Å². The van der Waals surface area contributed by atoms with E-state index in [1.807, 2.05) is 25.1 Å². The zero-order chi connectivity index (χ0) is 26.2. The smallest absolute Gasteiger partial charge is 0.305 e. The number of aryl methyl sites for hydroxylation is 1. The fraction of sp³-hybridized carbons (Fsp3) is 0.357. The van der Waals surface area contributed by atoms with E-state index in [-0.39, 0.29) is 30.7 Å². The number of hydrogen-bond acceptors (Lipinski definition) is 5. The van der Waals surface area contributed by atoms with Crippen molar-refractivity contribution in [1.82, 2.24) is 5.32 Å². The van der Waals surface area contributed by atoms with Gasteiger partial charge in [-0.15, -0.1) is 0 Å². The molecular formula is C28H33FN2O5. The maximum Gasteiger partial charge on any atom is 0.305 e. The molecule has 1 amide bonds. The van der Waals surface area contributed by atoms with Gasteiger partial charge in [-0.25, -0.2) is 4.39 Å². The lowest BCUT2D eigenvalue weighted by Crippen LogP contribution is -2.25. The molecule has 3 aromatic rings. The number of furan rings is 1. The third-order valence-corrected chi connectivity index (χ3v) is 5.77. The van der Waals surface area contributed by atoms with Crippen molar-refractivity contribution in [3.63, 3.8) is 0 Å². The van der Waals surface area contributed by atoms with Gasteiger partial charge in [0.15, 0.2) is 0 Å². The molecule has 0 saturated heterocycles. The van der Waals surface area contributed by atoms with E-state index < -0.39 is 5.97 Å². The molecule has 1 atom stereocenters. The Bertz CT molecular complexity index is 1190. The van der Waals surface area contributed by atoms with Crippen LogP contribution >= 0.6 is 0 Å². The molecule has 0 saturated carbocycles. The lowest BCUT2D eigenvalue weighted by Gasteiger charge is -2.22. The largest absolute Gasteiger partial charge is 0.481 e. The Hall–Kier alpha value is -3.65. The molecule has 1 heterocycles. The molecule has 0 radical (unpaired) electrons. The predicted molar refractivity (Wildman–Crippen MR) is 136 cm³/mol. The summed E-state index contributed by atoms with van der Waals surface area (Å²) in [5.41, 5.74) is 3.84. The van der Waals surface area contributed by atoms with E-state index in [0.717, 1.165) is 28.8 Å². The minimum Gasteiger partial charge on any atom is -0.481 e. The van der Waals surface area contributed by atoms with Crippen LogP contribution < -0.4 is 10.6 Å². The molecule has 0 spiro atoms. The normalized spacial score (nSPS) is 11.9. The number of carboxylic acids is 1. The van der Waals surface area contributed by atoms with Crippen LogP contribution in [0.3, 0.4) is 0 Å². The van der Waals surface area contributed by atoms with Gasteiger partial charge < -0.3 is 24.9 Å². The Labute approximate surface area is 210 Å². The van der Waals surface area contributed by atoms with Crippen molar-refractivity contribution in [3.8, 4) is 11.3 Å². The number of carbonyl (C=O) groups excluding carboxylic acids is 1. The van der Waals surface area contributed by atoms with Crippen LogP contribution in [-0.2, 0) is 16.1 Å². The van der Waals surface area contributed by atoms with Crippen molar-refractivity contribution in [2.45, 2.75) is 46.3 Å². The molecule has 36 heavy (non-hydrogen) atoms. The van der Waals surface area contributed by atoms with E-state index in [1.165, 1.54) is 12.1 Å². The van der Waals surface area contributed by atoms with E-state index in [1.54, 1.807) is 25.3 Å². The summed E-state index contributed by atoms with van der Waals surface area (Å²) in [7, 11) is 1.61. The van der Waals surface area contributed by atoms with Crippen molar-refractivity contribution < 1.29 is 28.2 Å². The Balaban J connectivity index is 1.85. The van der Waals surface area contributed by atoms with Gasteiger partial charge in [-0.3, -0.25) is 9.59 Å². The molecule has 8 heteroatoms. The Morgan fingerprint density at radius 1 is 1.11 bits per heavy atom. The van der Waals surface area contributed by atoms with E-state index in [9.17, 15) is 14.0 Å². The summed E-state index contributed by atoms with van der Waals surface area (Å²) >= 11 is 0. The third kappa shape index (κ3) is 7.18. The molecule has 0 aliphatic heterocycles. The average Bonchev–Trinajstić information content (AvgIpc) is 3.22. The number of ether oxygens (including phenoxy) is 1. The second kappa shape index (κ2) is 12.4. The molecule has 0 bridgehead atoms. The van der Waals surface area contributed by atoms with E-state index in [0.29, 0.717) is 29.6 Å². The summed E-state index contributed by atoms with van der Waals surface area (Å²) in [6.07, 6.45) is 0.686. The zero-order valence-corrected chi connectivity index (χ0v) is 21.1. The summed E-state index contributed by atoms with van der Waals surface area (Å²) in [6, 6.07) is 13.5. The number of anilines is 1. The molecule has 0 fully saturated rings. The lowest BCUT2D eigenvalue weighted by molar-refractivity contribution is -0.136. The Kier molecular flexibility index (Phi) is 9.25. The fourth-order valence-corrected chi connectivity index (χ4v) is 4.06. The summed E-state index contributed by atoms with van der Waals surface area (Å²) in [5.74, 6) is 0.151. The van der Waals surface area contributed by atoms with Crippen LogP contribution in [0.15, 0.2) is 52.9 Å². The maximum atomic E-state index is 13.6. The van der Waals surface area contributed by atoms with Crippen LogP contribution in [0.1, 0.15) is 60.0 Å². The van der Waals surface area contributed by atoms with E-state index in [4.69, 9.17) is 14.3 Å². The zero-order valence-electron chi connectivity index (χ0n) is 21.1. The molecular weight excluding hydrogens is 463 g/mol. The number of nitrogens with one attached hydrogen (secondary N) is 2. The Morgan fingerprint density at radius 3 is 2.44 bits per heavy atom. The minimum atomic E-state index is -0.962. The molecule has 1 aromatic heterocycles. The number of amides is 1. The minimum absolute atomic E-state index is 0.0727. The van der Waals surface area contributed by atoms with E-state index in [2.05, 4.69) is 24.5 Å². The molecule has 0 aliphatic rings. The summed E-state index contributed by atoms with van der Waals surface area (Å²) < 4.78 is 25.2. The predicted octanol–water partition coefficient (Wildman–Crippen LogP) is 5.94. The van der Waals surface area contributed by atoms with Crippen molar-refractivity contribution in [1.29, 1.82) is 0 Å². The topological polar surface area (TPSA) is 101 Å². The van der Waals surface area contributed by atoms with Crippen LogP contribution in [0.25, 0.3) is 11.3 Å². The first-order chi connectivity index (χ1) is 17.2. The molecule has 3 rings (SSSR count). The number of rotatable bonds is 12. The highest BCUT2D eigenvalue weighted by Gasteiger charge is 2.23. The first kappa shape index (κ1) is 26.9. The fourth-order valence-electron chi connectivity index (χ4n) is 4.06. The average molecular weight is 497 g/mol. The highest BCUT2D eigenvalue weighted by molar-refractivity contribution is 5.94. The SMILES string of the molecule is COCc1oc(-c2ccc(F)cc2C)cc1C(CC(C)C)Nc1ccc(C(=O)NCCC(=O)O)cc1. The van der Waals surface area contributed by atoms with Gasteiger partial charge in [0, 0.05) is 36.0 Å². The molecule has 3 N–H and O–H groups in total. The molecule has 2 aromatic carbocycles. The summed E-state index contributed by atoms with van der Waals surface area (Å²) in [5, 5.41) is 14.9. The number of carbonyl (C=O) groups is 2. The van der Waals surface area contributed by atoms with Gasteiger partial charge in [-0.1, -0.05) is 13.8 Å². The monoisotopic (exact) mass is 496 g/mol. The van der Waals surface area contributed by atoms with Gasteiger partial charge in [0.2, 0.25) is 0 Å². The molecule has 192 valence electrons. The van der Waals surface area contributed by atoms with Crippen LogP contribution in [-0.4, -0.2) is 30.6 Å². The summed E-state index contributed by atoms with van der Waals surface area (Å²) in [6.45, 7) is 6.49. The van der Waals surface area contributed by atoms with Gasteiger partial charge in [0.1, 0.15) is 23.9 Å². The number of benzene rings is 2. The highest BCUT2D eigenvalue weighted by Crippen LogP contribution is 2.36. The van der Waals surface area contributed by atoms with Gasteiger partial charge in [-0.05, 0) is 73.4 Å². The van der Waals surface area contributed by atoms with Gasteiger partial charge in [-0.2, -0.15) is 0 Å². The van der Waals surface area contributed by atoms with Crippen LogP contribution in [0.5, 0.6) is 0 Å². The highest BCUT2D eigenvalue weighted by atomic mass is 19.1. The molecule has 1 unspecified atom stereocenters. The first-order valence-electron chi connectivity index (χ1n) is 11.9. The van der Waals surface area contributed by atoms with Crippen LogP contribution in [0, 0.1) is 18.7 Å². The van der Waals surface area contributed by atoms with Crippen molar-refractivity contribution in [2.75, 3.05) is 19.0 Å². The Morgan fingerprint density at radius 2 is 1.83 bits per heavy atom. The number of aliphatic carboxylic acids is 1. The number of methoxy groups -OCH3 is 1. The second-order valence-electron chi connectivity index (χ2n) is 9.18. The van der Waals surface area contributed by atoms with Crippen molar-refractivity contribution >= 4 is 17.6 Å². The van der Waals surface area contributed by atoms with E-state index >= 15 is 0 Å². The lowest BCUT2D eigenvalue weighted by atomic mass is 9.95. The van der Waals surface area contributed by atoms with Crippen LogP contribution in [0.4, 0.5) is 10.1 Å². The molecule has 7 nitrogen and oxygen atoms in total. The summed E-state index contributed by atoms with van der Waals surface area (Å²) in [4.78, 5) is 22.9. The quantitative estimate of drug-likeness (QED) is 0.287. The number of hydrogen-bond donors (Lipinski definition) is 3. The van der Waals surface area contributed by atoms with Crippen molar-refractivity contribution in [2.24, 2.45) is 5.92 Å². The first-order valence-corrected chi connectivity index (χ1v) is 11.9.